The van der Waals surface area contributed by atoms with Gasteiger partial charge in [-0.1, -0.05) is 140 Å². The van der Waals surface area contributed by atoms with Crippen molar-refractivity contribution in [3.8, 4) is 33.4 Å². The SMILES string of the molecule is CNC1C=CC(c2ccc(-c3ccc4c(c3)C3(c5ccccc5-c5ccccc53)c3ccccc3-4)c3ccccc23)=CC1. The van der Waals surface area contributed by atoms with Crippen LogP contribution < -0.4 is 5.32 Å². The molecule has 1 spiro atoms. The summed E-state index contributed by atoms with van der Waals surface area (Å²) in [6.07, 6.45) is 7.94. The van der Waals surface area contributed by atoms with E-state index in [0.717, 1.165) is 6.42 Å². The van der Waals surface area contributed by atoms with Crippen molar-refractivity contribution in [3.63, 3.8) is 0 Å². The first-order valence-corrected chi connectivity index (χ1v) is 15.3. The Labute approximate surface area is 252 Å². The molecular formula is C42H31N. The van der Waals surface area contributed by atoms with Gasteiger partial charge in [-0.2, -0.15) is 0 Å². The maximum atomic E-state index is 3.37. The largest absolute Gasteiger partial charge is 0.313 e. The second-order valence-electron chi connectivity index (χ2n) is 12.0. The van der Waals surface area contributed by atoms with Crippen LogP contribution in [-0.4, -0.2) is 13.1 Å². The molecule has 9 rings (SSSR count). The van der Waals surface area contributed by atoms with Crippen LogP contribution in [0.1, 0.15) is 34.2 Å². The fourth-order valence-electron chi connectivity index (χ4n) is 8.10. The van der Waals surface area contributed by atoms with E-state index < -0.39 is 0 Å². The zero-order valence-corrected chi connectivity index (χ0v) is 24.1. The number of nitrogens with one attached hydrogen (secondary N) is 1. The third-order valence-electron chi connectivity index (χ3n) is 10.0. The summed E-state index contributed by atoms with van der Waals surface area (Å²) in [6.45, 7) is 0. The van der Waals surface area contributed by atoms with Crippen LogP contribution in [0.25, 0.3) is 49.7 Å². The minimum absolute atomic E-state index is 0.327. The van der Waals surface area contributed by atoms with Crippen molar-refractivity contribution in [1.29, 1.82) is 0 Å². The van der Waals surface area contributed by atoms with Crippen molar-refractivity contribution < 1.29 is 0 Å². The Kier molecular flexibility index (Phi) is 5.30. The number of benzene rings is 6. The first-order chi connectivity index (χ1) is 21.3. The summed E-state index contributed by atoms with van der Waals surface area (Å²) in [7, 11) is 2.03. The highest BCUT2D eigenvalue weighted by atomic mass is 14.9. The number of hydrogen-bond donors (Lipinski definition) is 1. The number of rotatable bonds is 3. The van der Waals surface area contributed by atoms with Gasteiger partial charge in [-0.3, -0.25) is 0 Å². The van der Waals surface area contributed by atoms with Gasteiger partial charge in [-0.15, -0.1) is 0 Å². The number of likely N-dealkylation sites (N-methyl/N-ethyl adjacent to an activating group) is 1. The highest BCUT2D eigenvalue weighted by Gasteiger charge is 2.51. The molecule has 0 fully saturated rings. The van der Waals surface area contributed by atoms with E-state index in [4.69, 9.17) is 0 Å². The zero-order valence-electron chi connectivity index (χ0n) is 24.1. The average Bonchev–Trinajstić information content (AvgIpc) is 3.55. The maximum absolute atomic E-state index is 3.37. The van der Waals surface area contributed by atoms with E-state index in [1.165, 1.54) is 77.5 Å². The third-order valence-corrected chi connectivity index (χ3v) is 10.0. The van der Waals surface area contributed by atoms with Crippen LogP contribution in [0.15, 0.2) is 146 Å². The average molecular weight is 550 g/mol. The Morgan fingerprint density at radius 2 is 1.05 bits per heavy atom. The molecule has 0 heterocycles. The molecule has 0 saturated carbocycles. The van der Waals surface area contributed by atoms with Crippen molar-refractivity contribution in [2.45, 2.75) is 17.9 Å². The minimum atomic E-state index is -0.327. The first kappa shape index (κ1) is 24.6. The van der Waals surface area contributed by atoms with Crippen molar-refractivity contribution in [2.24, 2.45) is 0 Å². The second-order valence-corrected chi connectivity index (χ2v) is 12.0. The monoisotopic (exact) mass is 549 g/mol. The van der Waals surface area contributed by atoms with E-state index in [2.05, 4.69) is 151 Å². The van der Waals surface area contributed by atoms with Gasteiger partial charge in [0.15, 0.2) is 0 Å². The van der Waals surface area contributed by atoms with Crippen LogP contribution in [0.4, 0.5) is 0 Å². The predicted octanol–water partition coefficient (Wildman–Crippen LogP) is 9.78. The van der Waals surface area contributed by atoms with Crippen LogP contribution in [0.3, 0.4) is 0 Å². The van der Waals surface area contributed by atoms with Crippen LogP contribution in [0, 0.1) is 0 Å². The molecule has 6 aromatic carbocycles. The van der Waals surface area contributed by atoms with Gasteiger partial charge in [0.1, 0.15) is 0 Å². The van der Waals surface area contributed by atoms with E-state index in [9.17, 15) is 0 Å². The molecule has 0 aromatic heterocycles. The molecule has 0 amide bonds. The molecule has 0 saturated heterocycles. The second kappa shape index (κ2) is 9.26. The van der Waals surface area contributed by atoms with Gasteiger partial charge in [0.05, 0.1) is 5.41 Å². The molecule has 204 valence electrons. The lowest BCUT2D eigenvalue weighted by Gasteiger charge is -2.30. The van der Waals surface area contributed by atoms with Crippen molar-refractivity contribution in [1.82, 2.24) is 5.32 Å². The van der Waals surface area contributed by atoms with E-state index in [0.29, 0.717) is 6.04 Å². The summed E-state index contributed by atoms with van der Waals surface area (Å²) >= 11 is 0. The normalized spacial score (nSPS) is 17.0. The maximum Gasteiger partial charge on any atom is 0.0725 e. The summed E-state index contributed by atoms with van der Waals surface area (Å²) in [5.74, 6) is 0. The zero-order chi connectivity index (χ0) is 28.5. The van der Waals surface area contributed by atoms with E-state index >= 15 is 0 Å². The van der Waals surface area contributed by atoms with Crippen LogP contribution in [0.2, 0.25) is 0 Å². The van der Waals surface area contributed by atoms with Crippen LogP contribution in [-0.2, 0) is 5.41 Å². The lowest BCUT2D eigenvalue weighted by molar-refractivity contribution is 0.673. The van der Waals surface area contributed by atoms with E-state index in [-0.39, 0.29) is 5.41 Å². The molecule has 1 N–H and O–H groups in total. The Balaban J connectivity index is 1.29. The lowest BCUT2D eigenvalue weighted by Crippen LogP contribution is -2.25. The van der Waals surface area contributed by atoms with Gasteiger partial charge >= 0.3 is 0 Å². The molecule has 1 heteroatoms. The van der Waals surface area contributed by atoms with E-state index in [1.807, 2.05) is 7.05 Å². The molecule has 0 aliphatic heterocycles. The Morgan fingerprint density at radius 3 is 1.63 bits per heavy atom. The molecule has 6 aromatic rings. The molecule has 0 radical (unpaired) electrons. The number of fused-ring (bicyclic) bond motifs is 11. The number of hydrogen-bond acceptors (Lipinski definition) is 1. The van der Waals surface area contributed by atoms with Crippen LogP contribution >= 0.6 is 0 Å². The minimum Gasteiger partial charge on any atom is -0.313 e. The molecule has 1 nitrogen and oxygen atoms in total. The van der Waals surface area contributed by atoms with Gasteiger partial charge in [-0.05, 0) is 97.1 Å². The van der Waals surface area contributed by atoms with Gasteiger partial charge in [0, 0.05) is 6.04 Å². The number of allylic oxidation sites excluding steroid dienone is 2. The van der Waals surface area contributed by atoms with Gasteiger partial charge < -0.3 is 5.32 Å². The summed E-state index contributed by atoms with van der Waals surface area (Å²) in [5.41, 5.74) is 15.7. The van der Waals surface area contributed by atoms with Crippen molar-refractivity contribution >= 4 is 16.3 Å². The standard InChI is InChI=1S/C42H31N/c1-43-29-21-18-27(19-22-29)30-24-25-31(33-11-3-2-10-32(30)33)28-20-23-37-36-14-6-9-17-40(36)42(41(37)26-28)38-15-7-4-12-34(38)35-13-5-8-16-39(35)42/h2-21,23-26,29,43H,22H2,1H3. The molecular weight excluding hydrogens is 518 g/mol. The fourth-order valence-corrected chi connectivity index (χ4v) is 8.10. The van der Waals surface area contributed by atoms with Gasteiger partial charge in [-0.25, -0.2) is 0 Å². The van der Waals surface area contributed by atoms with Gasteiger partial charge in [0.2, 0.25) is 0 Å². The smallest absolute Gasteiger partial charge is 0.0725 e. The van der Waals surface area contributed by atoms with Crippen LogP contribution in [0.5, 0.6) is 0 Å². The quantitative estimate of drug-likeness (QED) is 0.231. The Hall–Kier alpha value is -4.98. The van der Waals surface area contributed by atoms with E-state index in [1.54, 1.807) is 0 Å². The molecule has 3 aliphatic rings. The molecule has 1 atom stereocenters. The topological polar surface area (TPSA) is 12.0 Å². The molecule has 3 aliphatic carbocycles. The molecule has 1 unspecified atom stereocenters. The Bertz CT molecular complexity index is 2100. The summed E-state index contributed by atoms with van der Waals surface area (Å²) in [4.78, 5) is 0. The Morgan fingerprint density at radius 1 is 0.535 bits per heavy atom. The third kappa shape index (κ3) is 3.32. The first-order valence-electron chi connectivity index (χ1n) is 15.3. The molecule has 43 heavy (non-hydrogen) atoms. The van der Waals surface area contributed by atoms with Gasteiger partial charge in [0.25, 0.3) is 0 Å². The van der Waals surface area contributed by atoms with Crippen molar-refractivity contribution in [3.05, 3.63) is 173 Å². The summed E-state index contributed by atoms with van der Waals surface area (Å²) in [6, 6.07) is 48.3. The lowest BCUT2D eigenvalue weighted by atomic mass is 9.70. The highest BCUT2D eigenvalue weighted by Crippen LogP contribution is 2.63. The predicted molar refractivity (Wildman–Crippen MR) is 180 cm³/mol. The summed E-state index contributed by atoms with van der Waals surface area (Å²) < 4.78 is 0. The van der Waals surface area contributed by atoms with Crippen molar-refractivity contribution in [2.75, 3.05) is 7.05 Å². The summed E-state index contributed by atoms with van der Waals surface area (Å²) in [5, 5.41) is 5.97. The highest BCUT2D eigenvalue weighted by molar-refractivity contribution is 6.05. The fraction of sp³-hybridized carbons (Fsp3) is 0.0952. The molecule has 0 bridgehead atoms.